The number of benzene rings is 2. The second-order valence-corrected chi connectivity index (χ2v) is 6.52. The minimum Gasteiger partial charge on any atom is -0.311 e. The minimum absolute atomic E-state index is 0. The van der Waals surface area contributed by atoms with E-state index in [1.54, 1.807) is 0 Å². The van der Waals surface area contributed by atoms with Crippen molar-refractivity contribution in [3.63, 3.8) is 0 Å². The third-order valence-electron chi connectivity index (χ3n) is 4.64. The summed E-state index contributed by atoms with van der Waals surface area (Å²) in [6.45, 7) is 7.88. The van der Waals surface area contributed by atoms with Gasteiger partial charge in [0.05, 0.1) is 6.04 Å². The van der Waals surface area contributed by atoms with Gasteiger partial charge in [-0.25, -0.2) is 0 Å². The van der Waals surface area contributed by atoms with Crippen LogP contribution in [0.5, 0.6) is 0 Å². The standard InChI is InChI=1S/C20H26N2.H2/c1-16(2)19-15-22(14-13-21-19)20(17-9-5-3-6-10-17)18-11-7-4-8-12-18;/h3-12,16,19-21H,13-15H2,1-2H3;1H/t19-;/m1./s1. The lowest BCUT2D eigenvalue weighted by molar-refractivity contribution is 0.144. The van der Waals surface area contributed by atoms with Gasteiger partial charge in [0.25, 0.3) is 0 Å². The summed E-state index contributed by atoms with van der Waals surface area (Å²) in [5.41, 5.74) is 2.77. The first kappa shape index (κ1) is 15.3. The van der Waals surface area contributed by atoms with Crippen molar-refractivity contribution in [1.29, 1.82) is 0 Å². The molecule has 0 saturated carbocycles. The van der Waals surface area contributed by atoms with E-state index in [9.17, 15) is 0 Å². The summed E-state index contributed by atoms with van der Waals surface area (Å²) in [5, 5.41) is 3.66. The molecule has 2 nitrogen and oxygen atoms in total. The van der Waals surface area contributed by atoms with Crippen LogP contribution < -0.4 is 5.32 Å². The lowest BCUT2D eigenvalue weighted by Crippen LogP contribution is -2.53. The normalized spacial score (nSPS) is 19.7. The Kier molecular flexibility index (Phi) is 4.91. The third-order valence-corrected chi connectivity index (χ3v) is 4.64. The van der Waals surface area contributed by atoms with Crippen molar-refractivity contribution in [1.82, 2.24) is 10.2 Å². The number of nitrogens with one attached hydrogen (secondary N) is 1. The van der Waals surface area contributed by atoms with Crippen LogP contribution in [0, 0.1) is 5.92 Å². The van der Waals surface area contributed by atoms with Crippen LogP contribution >= 0.6 is 0 Å². The largest absolute Gasteiger partial charge is 0.311 e. The molecule has 118 valence electrons. The van der Waals surface area contributed by atoms with Gasteiger partial charge in [-0.15, -0.1) is 0 Å². The average Bonchev–Trinajstić information content (AvgIpc) is 2.57. The fourth-order valence-corrected chi connectivity index (χ4v) is 3.37. The number of piperazine rings is 1. The number of rotatable bonds is 4. The van der Waals surface area contributed by atoms with Crippen LogP contribution in [0.15, 0.2) is 60.7 Å². The van der Waals surface area contributed by atoms with Crippen molar-refractivity contribution < 1.29 is 1.43 Å². The first-order valence-corrected chi connectivity index (χ1v) is 8.33. The van der Waals surface area contributed by atoms with Crippen molar-refractivity contribution in [3.05, 3.63) is 71.8 Å². The molecular formula is C20H28N2. The van der Waals surface area contributed by atoms with E-state index in [4.69, 9.17) is 0 Å². The molecule has 0 aliphatic carbocycles. The van der Waals surface area contributed by atoms with Gasteiger partial charge >= 0.3 is 0 Å². The van der Waals surface area contributed by atoms with Gasteiger partial charge in [0, 0.05) is 27.1 Å². The third kappa shape index (κ3) is 3.40. The van der Waals surface area contributed by atoms with Crippen LogP contribution in [0.25, 0.3) is 0 Å². The molecule has 1 saturated heterocycles. The highest BCUT2D eigenvalue weighted by Crippen LogP contribution is 2.29. The Balaban J connectivity index is 0.00000192. The predicted octanol–water partition coefficient (Wildman–Crippen LogP) is 3.95. The van der Waals surface area contributed by atoms with Crippen molar-refractivity contribution in [2.24, 2.45) is 5.92 Å². The first-order valence-electron chi connectivity index (χ1n) is 8.33. The fourth-order valence-electron chi connectivity index (χ4n) is 3.37. The second kappa shape index (κ2) is 7.08. The predicted molar refractivity (Wildman–Crippen MR) is 95.0 cm³/mol. The van der Waals surface area contributed by atoms with Crippen LogP contribution in [0.2, 0.25) is 0 Å². The SMILES string of the molecule is CC(C)[C@H]1CN(C(c2ccccc2)c2ccccc2)CCN1.[HH]. The summed E-state index contributed by atoms with van der Waals surface area (Å²) in [5.74, 6) is 0.662. The molecule has 1 atom stereocenters. The molecule has 0 aromatic heterocycles. The van der Waals surface area contributed by atoms with Gasteiger partial charge in [0.2, 0.25) is 0 Å². The monoisotopic (exact) mass is 296 g/mol. The van der Waals surface area contributed by atoms with Crippen molar-refractivity contribution in [3.8, 4) is 0 Å². The van der Waals surface area contributed by atoms with Crippen LogP contribution in [0.4, 0.5) is 0 Å². The lowest BCUT2D eigenvalue weighted by atomic mass is 9.94. The maximum absolute atomic E-state index is 3.66. The van der Waals surface area contributed by atoms with Crippen LogP contribution in [-0.4, -0.2) is 30.6 Å². The van der Waals surface area contributed by atoms with E-state index in [-0.39, 0.29) is 1.43 Å². The summed E-state index contributed by atoms with van der Waals surface area (Å²) in [4.78, 5) is 2.63. The zero-order chi connectivity index (χ0) is 15.4. The Morgan fingerprint density at radius 3 is 2.00 bits per heavy atom. The van der Waals surface area contributed by atoms with Gasteiger partial charge in [0.1, 0.15) is 0 Å². The molecule has 2 aromatic rings. The maximum Gasteiger partial charge on any atom is 0.0602 e. The van der Waals surface area contributed by atoms with Gasteiger partial charge < -0.3 is 5.32 Å². The average molecular weight is 296 g/mol. The smallest absolute Gasteiger partial charge is 0.0602 e. The van der Waals surface area contributed by atoms with E-state index < -0.39 is 0 Å². The minimum atomic E-state index is 0. The number of hydrogen-bond acceptors (Lipinski definition) is 2. The molecule has 1 aliphatic heterocycles. The molecule has 0 unspecified atom stereocenters. The second-order valence-electron chi connectivity index (χ2n) is 6.52. The zero-order valence-electron chi connectivity index (χ0n) is 13.6. The Labute approximate surface area is 135 Å². The van der Waals surface area contributed by atoms with Crippen molar-refractivity contribution >= 4 is 0 Å². The molecule has 1 N–H and O–H groups in total. The Hall–Kier alpha value is -1.64. The summed E-state index contributed by atoms with van der Waals surface area (Å²) < 4.78 is 0. The lowest BCUT2D eigenvalue weighted by Gasteiger charge is -2.40. The molecule has 1 fully saturated rings. The number of hydrogen-bond donors (Lipinski definition) is 1. The van der Waals surface area contributed by atoms with Gasteiger partial charge in [0.15, 0.2) is 0 Å². The van der Waals surface area contributed by atoms with E-state index >= 15 is 0 Å². The Bertz CT molecular complexity index is 531. The van der Waals surface area contributed by atoms with E-state index in [0.717, 1.165) is 19.6 Å². The molecule has 0 amide bonds. The molecule has 2 aromatic carbocycles. The van der Waals surface area contributed by atoms with Gasteiger partial charge in [-0.3, -0.25) is 4.90 Å². The highest BCUT2D eigenvalue weighted by atomic mass is 15.2. The van der Waals surface area contributed by atoms with Gasteiger partial charge in [-0.05, 0) is 17.0 Å². The number of nitrogens with zero attached hydrogens (tertiary/aromatic N) is 1. The maximum atomic E-state index is 3.66. The van der Waals surface area contributed by atoms with Gasteiger partial charge in [-0.1, -0.05) is 74.5 Å². The van der Waals surface area contributed by atoms with E-state index in [1.165, 1.54) is 11.1 Å². The van der Waals surface area contributed by atoms with E-state index in [0.29, 0.717) is 18.0 Å². The summed E-state index contributed by atoms with van der Waals surface area (Å²) in [7, 11) is 0. The van der Waals surface area contributed by atoms with E-state index in [2.05, 4.69) is 84.7 Å². The molecule has 2 heteroatoms. The fraction of sp³-hybridized carbons (Fsp3) is 0.400. The molecule has 1 aliphatic rings. The summed E-state index contributed by atoms with van der Waals surface area (Å²) in [6, 6.07) is 22.7. The van der Waals surface area contributed by atoms with Crippen molar-refractivity contribution in [2.75, 3.05) is 19.6 Å². The van der Waals surface area contributed by atoms with Crippen LogP contribution in [0.1, 0.15) is 32.4 Å². The highest BCUT2D eigenvalue weighted by Gasteiger charge is 2.28. The Morgan fingerprint density at radius 1 is 0.955 bits per heavy atom. The summed E-state index contributed by atoms with van der Waals surface area (Å²) >= 11 is 0. The van der Waals surface area contributed by atoms with Crippen LogP contribution in [0.3, 0.4) is 0 Å². The molecule has 1 heterocycles. The van der Waals surface area contributed by atoms with Crippen LogP contribution in [-0.2, 0) is 0 Å². The highest BCUT2D eigenvalue weighted by molar-refractivity contribution is 5.32. The molecule has 0 radical (unpaired) electrons. The van der Waals surface area contributed by atoms with Gasteiger partial charge in [-0.2, -0.15) is 0 Å². The first-order chi connectivity index (χ1) is 10.8. The zero-order valence-corrected chi connectivity index (χ0v) is 13.6. The molecule has 0 spiro atoms. The summed E-state index contributed by atoms with van der Waals surface area (Å²) in [6.07, 6.45) is 0. The van der Waals surface area contributed by atoms with Crippen molar-refractivity contribution in [2.45, 2.75) is 25.9 Å². The quantitative estimate of drug-likeness (QED) is 0.919. The molecule has 0 bridgehead atoms. The molecular weight excluding hydrogens is 268 g/mol. The molecule has 22 heavy (non-hydrogen) atoms. The topological polar surface area (TPSA) is 15.3 Å². The van der Waals surface area contributed by atoms with E-state index in [1.807, 2.05) is 0 Å². The molecule has 3 rings (SSSR count). The Morgan fingerprint density at radius 2 is 1.50 bits per heavy atom.